The van der Waals surface area contributed by atoms with Crippen LogP contribution in [0.15, 0.2) is 66.1 Å². The summed E-state index contributed by atoms with van der Waals surface area (Å²) in [6.45, 7) is 2.66. The van der Waals surface area contributed by atoms with Crippen molar-refractivity contribution in [3.05, 3.63) is 66.7 Å². The lowest BCUT2D eigenvalue weighted by Crippen LogP contribution is -2.16. The van der Waals surface area contributed by atoms with Gasteiger partial charge in [0.05, 0.1) is 36.4 Å². The van der Waals surface area contributed by atoms with Crippen molar-refractivity contribution in [3.63, 3.8) is 0 Å². The third-order valence-corrected chi connectivity index (χ3v) is 5.86. The van der Waals surface area contributed by atoms with Gasteiger partial charge in [0.2, 0.25) is 0 Å². The predicted molar refractivity (Wildman–Crippen MR) is 122 cm³/mol. The highest BCUT2D eigenvalue weighted by Crippen LogP contribution is 2.38. The maximum atomic E-state index is 13.6. The molecule has 2 aromatic carbocycles. The average molecular weight is 456 g/mol. The summed E-state index contributed by atoms with van der Waals surface area (Å²) in [6, 6.07) is 11.9. The number of esters is 1. The third-order valence-electron chi connectivity index (χ3n) is 4.42. The van der Waals surface area contributed by atoms with E-state index in [1.54, 1.807) is 30.3 Å². The number of carbonyl (C=O) groups is 1. The van der Waals surface area contributed by atoms with E-state index in [2.05, 4.69) is 26.9 Å². The Morgan fingerprint density at radius 2 is 1.88 bits per heavy atom. The number of hydrogen-bond acceptors (Lipinski definition) is 8. The van der Waals surface area contributed by atoms with Crippen LogP contribution in [0.4, 0.5) is 11.4 Å². The maximum absolute atomic E-state index is 13.6. The molecule has 0 bridgehead atoms. The molecule has 0 spiro atoms. The first-order valence-corrected chi connectivity index (χ1v) is 11.5. The van der Waals surface area contributed by atoms with Gasteiger partial charge < -0.3 is 14.8 Å². The molecule has 0 saturated heterocycles. The second kappa shape index (κ2) is 10.6. The number of hydrogen-bond donors (Lipinski definition) is 3. The minimum Gasteiger partial charge on any atom is -0.465 e. The van der Waals surface area contributed by atoms with Crippen LogP contribution in [-0.2, 0) is 14.7 Å². The van der Waals surface area contributed by atoms with Crippen molar-refractivity contribution in [3.8, 4) is 11.5 Å². The summed E-state index contributed by atoms with van der Waals surface area (Å²) in [5.41, 5.74) is 0.876. The molecule has 0 aliphatic carbocycles. The molecule has 3 rings (SSSR count). The van der Waals surface area contributed by atoms with Gasteiger partial charge in [-0.3, -0.25) is 4.72 Å². The van der Waals surface area contributed by atoms with Crippen molar-refractivity contribution >= 4 is 27.3 Å². The first-order chi connectivity index (χ1) is 15.4. The number of anilines is 2. The van der Waals surface area contributed by atoms with Crippen LogP contribution in [0.2, 0.25) is 0 Å². The van der Waals surface area contributed by atoms with E-state index < -0.39 is 15.9 Å². The van der Waals surface area contributed by atoms with Crippen LogP contribution in [0.5, 0.6) is 11.5 Å². The Labute approximate surface area is 187 Å². The number of nitrogens with zero attached hydrogens (tertiary/aromatic N) is 2. The molecule has 32 heavy (non-hydrogen) atoms. The number of carbonyl (C=O) groups excluding carboxylic acids is 1. The van der Waals surface area contributed by atoms with Gasteiger partial charge in [-0.1, -0.05) is 31.5 Å². The molecule has 0 radical (unpaired) electrons. The maximum Gasteiger partial charge on any atom is 0.337 e. The van der Waals surface area contributed by atoms with Gasteiger partial charge in [0.1, 0.15) is 17.0 Å². The minimum absolute atomic E-state index is 0.00731. The molecule has 0 amide bonds. The molecule has 3 N–H and O–H groups in total. The molecule has 0 saturated carbocycles. The van der Waals surface area contributed by atoms with Crippen LogP contribution >= 0.6 is 0 Å². The number of unbranched alkanes of at least 4 members (excludes halogenated alkanes) is 1. The van der Waals surface area contributed by atoms with Crippen LogP contribution in [-0.4, -0.2) is 33.8 Å². The number of para-hydroxylation sites is 1. The van der Waals surface area contributed by atoms with E-state index in [1.807, 2.05) is 6.07 Å². The lowest BCUT2D eigenvalue weighted by Gasteiger charge is -2.20. The Hall–Kier alpha value is -3.66. The standard InChI is InChI=1S/C22H25N5O4S/c1-3-4-10-26-19-11-16(22(28)30-2)12-20(21(19)31-18-8-6-5-7-9-18)32(23,29)27-17-13-24-15-25-14-17/h5-9,11-15,26H,3-4,10H2,1-2H3,(H2,23,27,29). The van der Waals surface area contributed by atoms with Crippen LogP contribution < -0.4 is 14.8 Å². The summed E-state index contributed by atoms with van der Waals surface area (Å²) in [5, 5.41) is 3.24. The van der Waals surface area contributed by atoms with Crippen LogP contribution in [0.3, 0.4) is 0 Å². The van der Waals surface area contributed by atoms with E-state index in [9.17, 15) is 9.00 Å². The Bertz CT molecular complexity index is 1160. The zero-order valence-electron chi connectivity index (χ0n) is 17.8. The monoisotopic (exact) mass is 455 g/mol. The summed E-state index contributed by atoms with van der Waals surface area (Å²) in [7, 11) is -2.42. The van der Waals surface area contributed by atoms with E-state index in [1.165, 1.54) is 31.9 Å². The molecule has 3 aromatic rings. The summed E-state index contributed by atoms with van der Waals surface area (Å²) in [5.74, 6) is 0.0648. The number of rotatable bonds is 10. The van der Waals surface area contributed by atoms with Crippen molar-refractivity contribution in [2.45, 2.75) is 24.7 Å². The lowest BCUT2D eigenvalue weighted by atomic mass is 10.1. The van der Waals surface area contributed by atoms with Crippen LogP contribution in [0.1, 0.15) is 30.1 Å². The van der Waals surface area contributed by atoms with Gasteiger partial charge >= 0.3 is 5.97 Å². The minimum atomic E-state index is -3.68. The second-order valence-corrected chi connectivity index (χ2v) is 8.58. The predicted octanol–water partition coefficient (Wildman–Crippen LogP) is 4.70. The molecule has 0 aliphatic rings. The normalized spacial score (nSPS) is 12.4. The topological polar surface area (TPSA) is 126 Å². The Morgan fingerprint density at radius 1 is 1.16 bits per heavy atom. The highest BCUT2D eigenvalue weighted by atomic mass is 32.2. The number of aromatic nitrogens is 2. The van der Waals surface area contributed by atoms with E-state index in [0.717, 1.165) is 12.8 Å². The summed E-state index contributed by atoms with van der Waals surface area (Å²) >= 11 is 0. The SMILES string of the molecule is CCCCNc1cc(C(=O)OC)cc(S(=N)(=O)Nc2cncnc2)c1Oc1ccccc1. The first kappa shape index (κ1) is 23.0. The number of methoxy groups -OCH3 is 1. The lowest BCUT2D eigenvalue weighted by molar-refractivity contribution is 0.0600. The van der Waals surface area contributed by atoms with Gasteiger partial charge in [-0.25, -0.2) is 23.8 Å². The molecule has 0 aliphatic heterocycles. The van der Waals surface area contributed by atoms with Crippen molar-refractivity contribution in [2.24, 2.45) is 0 Å². The fourth-order valence-electron chi connectivity index (χ4n) is 2.87. The zero-order valence-corrected chi connectivity index (χ0v) is 18.6. The Balaban J connectivity index is 2.15. The van der Waals surface area contributed by atoms with Gasteiger partial charge in [-0.15, -0.1) is 0 Å². The average Bonchev–Trinajstić information content (AvgIpc) is 2.80. The van der Waals surface area contributed by atoms with E-state index in [4.69, 9.17) is 14.3 Å². The molecule has 1 unspecified atom stereocenters. The summed E-state index contributed by atoms with van der Waals surface area (Å²) in [4.78, 5) is 20.1. The van der Waals surface area contributed by atoms with Gasteiger partial charge in [0, 0.05) is 6.54 Å². The summed E-state index contributed by atoms with van der Waals surface area (Å²) in [6.07, 6.45) is 5.97. The molecule has 1 aromatic heterocycles. The molecule has 1 heterocycles. The van der Waals surface area contributed by atoms with Gasteiger partial charge in [0.25, 0.3) is 0 Å². The fourth-order valence-corrected chi connectivity index (χ4v) is 4.12. The Morgan fingerprint density at radius 3 is 2.53 bits per heavy atom. The molecule has 168 valence electrons. The van der Waals surface area contributed by atoms with Crippen molar-refractivity contribution in [2.75, 3.05) is 23.7 Å². The smallest absolute Gasteiger partial charge is 0.337 e. The molecule has 9 nitrogen and oxygen atoms in total. The van der Waals surface area contributed by atoms with E-state index in [0.29, 0.717) is 23.7 Å². The molecule has 1 atom stereocenters. The largest absolute Gasteiger partial charge is 0.465 e. The van der Waals surface area contributed by atoms with Crippen LogP contribution in [0.25, 0.3) is 0 Å². The van der Waals surface area contributed by atoms with Gasteiger partial charge in [0.15, 0.2) is 15.7 Å². The third kappa shape index (κ3) is 5.73. The molecule has 10 heteroatoms. The van der Waals surface area contributed by atoms with Gasteiger partial charge in [-0.05, 0) is 30.7 Å². The zero-order chi connectivity index (χ0) is 23.0. The van der Waals surface area contributed by atoms with Crippen molar-refractivity contribution < 1.29 is 18.5 Å². The van der Waals surface area contributed by atoms with Crippen LogP contribution in [0, 0.1) is 4.78 Å². The fraction of sp³-hybridized carbons (Fsp3) is 0.227. The number of benzene rings is 2. The highest BCUT2D eigenvalue weighted by molar-refractivity contribution is 7.93. The number of nitrogens with one attached hydrogen (secondary N) is 3. The van der Waals surface area contributed by atoms with Crippen molar-refractivity contribution in [1.82, 2.24) is 9.97 Å². The summed E-state index contributed by atoms with van der Waals surface area (Å²) < 4.78 is 35.8. The van der Waals surface area contributed by atoms with Gasteiger partial charge in [-0.2, -0.15) is 0 Å². The second-order valence-electron chi connectivity index (χ2n) is 6.82. The Kier molecular flexibility index (Phi) is 7.61. The quantitative estimate of drug-likeness (QED) is 0.299. The molecular weight excluding hydrogens is 430 g/mol. The van der Waals surface area contributed by atoms with E-state index in [-0.39, 0.29) is 16.2 Å². The number of ether oxygens (including phenoxy) is 2. The van der Waals surface area contributed by atoms with Crippen molar-refractivity contribution in [1.29, 1.82) is 4.78 Å². The first-order valence-electron chi connectivity index (χ1n) is 9.99. The molecular formula is C22H25N5O4S. The highest BCUT2D eigenvalue weighted by Gasteiger charge is 2.24. The van der Waals surface area contributed by atoms with E-state index >= 15 is 0 Å². The molecule has 0 fully saturated rings.